The number of thiophene rings is 1. The van der Waals surface area contributed by atoms with E-state index in [1.54, 1.807) is 36.7 Å². The molecule has 2 N–H and O–H groups in total. The molecule has 4 nitrogen and oxygen atoms in total. The van der Waals surface area contributed by atoms with Crippen LogP contribution in [0.3, 0.4) is 0 Å². The highest BCUT2D eigenvalue weighted by molar-refractivity contribution is 9.11. The number of hydrogen-bond acceptors (Lipinski definition) is 3. The van der Waals surface area contributed by atoms with E-state index in [0.717, 1.165) is 9.35 Å². The maximum absolute atomic E-state index is 11.9. The highest BCUT2D eigenvalue weighted by Crippen LogP contribution is 2.20. The lowest BCUT2D eigenvalue weighted by molar-refractivity contribution is 0.0949. The molecule has 1 aromatic carbocycles. The predicted octanol–water partition coefficient (Wildman–Crippen LogP) is 2.80. The third-order valence-corrected chi connectivity index (χ3v) is 4.20. The normalized spacial score (nSPS) is 10.1. The van der Waals surface area contributed by atoms with Crippen LogP contribution in [-0.4, -0.2) is 18.9 Å². The van der Waals surface area contributed by atoms with Crippen LogP contribution in [0.15, 0.2) is 39.5 Å². The maximum Gasteiger partial charge on any atom is 0.252 e. The SMILES string of the molecule is CNC(=O)c1cccc(CNC(=O)c2csc(Br)c2)c1. The summed E-state index contributed by atoms with van der Waals surface area (Å²) in [6, 6.07) is 8.95. The summed E-state index contributed by atoms with van der Waals surface area (Å²) in [4.78, 5) is 23.4. The van der Waals surface area contributed by atoms with Crippen LogP contribution >= 0.6 is 27.3 Å². The second-order valence-electron chi connectivity index (χ2n) is 4.10. The van der Waals surface area contributed by atoms with Gasteiger partial charge in [0.05, 0.1) is 9.35 Å². The van der Waals surface area contributed by atoms with Crippen molar-refractivity contribution in [2.75, 3.05) is 7.05 Å². The van der Waals surface area contributed by atoms with Crippen LogP contribution in [0, 0.1) is 0 Å². The summed E-state index contributed by atoms with van der Waals surface area (Å²) in [5, 5.41) is 7.19. The molecule has 0 saturated carbocycles. The van der Waals surface area contributed by atoms with E-state index in [1.165, 1.54) is 11.3 Å². The van der Waals surface area contributed by atoms with Gasteiger partial charge in [-0.2, -0.15) is 0 Å². The number of rotatable bonds is 4. The van der Waals surface area contributed by atoms with Crippen molar-refractivity contribution in [2.24, 2.45) is 0 Å². The molecule has 0 radical (unpaired) electrons. The first kappa shape index (κ1) is 14.7. The fourth-order valence-electron chi connectivity index (χ4n) is 1.68. The van der Waals surface area contributed by atoms with Gasteiger partial charge in [-0.25, -0.2) is 0 Å². The van der Waals surface area contributed by atoms with Crippen molar-refractivity contribution in [1.29, 1.82) is 0 Å². The van der Waals surface area contributed by atoms with Gasteiger partial charge < -0.3 is 10.6 Å². The third kappa shape index (κ3) is 3.68. The fourth-order valence-corrected chi connectivity index (χ4v) is 2.82. The molecular formula is C14H13BrN2O2S. The number of carbonyl (C=O) groups is 2. The third-order valence-electron chi connectivity index (χ3n) is 2.70. The number of benzene rings is 1. The second kappa shape index (κ2) is 6.67. The van der Waals surface area contributed by atoms with E-state index in [-0.39, 0.29) is 11.8 Å². The molecule has 1 heterocycles. The molecule has 1 aromatic heterocycles. The summed E-state index contributed by atoms with van der Waals surface area (Å²) in [7, 11) is 1.59. The first-order valence-corrected chi connectivity index (χ1v) is 7.60. The van der Waals surface area contributed by atoms with E-state index in [9.17, 15) is 9.59 Å². The Balaban J connectivity index is 2.00. The lowest BCUT2D eigenvalue weighted by Gasteiger charge is -2.06. The van der Waals surface area contributed by atoms with Gasteiger partial charge in [-0.3, -0.25) is 9.59 Å². The summed E-state index contributed by atoms with van der Waals surface area (Å²) in [6.45, 7) is 0.386. The van der Waals surface area contributed by atoms with Crippen LogP contribution in [0.4, 0.5) is 0 Å². The van der Waals surface area contributed by atoms with Gasteiger partial charge >= 0.3 is 0 Å². The monoisotopic (exact) mass is 352 g/mol. The quantitative estimate of drug-likeness (QED) is 0.888. The average Bonchev–Trinajstić information content (AvgIpc) is 2.91. The molecule has 0 unspecified atom stereocenters. The average molecular weight is 353 g/mol. The summed E-state index contributed by atoms with van der Waals surface area (Å²) < 4.78 is 0.921. The van der Waals surface area contributed by atoms with Crippen molar-refractivity contribution in [3.8, 4) is 0 Å². The van der Waals surface area contributed by atoms with Gasteiger partial charge in [-0.15, -0.1) is 11.3 Å². The highest BCUT2D eigenvalue weighted by atomic mass is 79.9. The van der Waals surface area contributed by atoms with Crippen LogP contribution in [0.2, 0.25) is 0 Å². The van der Waals surface area contributed by atoms with Crippen molar-refractivity contribution in [2.45, 2.75) is 6.54 Å². The molecule has 0 fully saturated rings. The van der Waals surface area contributed by atoms with Crippen LogP contribution in [0.5, 0.6) is 0 Å². The second-order valence-corrected chi connectivity index (χ2v) is 6.39. The molecule has 2 rings (SSSR count). The van der Waals surface area contributed by atoms with Crippen LogP contribution in [0.1, 0.15) is 26.3 Å². The molecule has 0 saturated heterocycles. The molecule has 0 atom stereocenters. The molecule has 0 aliphatic carbocycles. The van der Waals surface area contributed by atoms with Crippen molar-refractivity contribution >= 4 is 39.1 Å². The van der Waals surface area contributed by atoms with Gasteiger partial charge in [0.25, 0.3) is 11.8 Å². The number of carbonyl (C=O) groups excluding carboxylic acids is 2. The highest BCUT2D eigenvalue weighted by Gasteiger charge is 2.08. The zero-order valence-electron chi connectivity index (χ0n) is 10.8. The van der Waals surface area contributed by atoms with Crippen LogP contribution in [-0.2, 0) is 6.54 Å². The minimum absolute atomic E-state index is 0.128. The summed E-state index contributed by atoms with van der Waals surface area (Å²) in [6.07, 6.45) is 0. The lowest BCUT2D eigenvalue weighted by Crippen LogP contribution is -2.23. The molecule has 2 amide bonds. The van der Waals surface area contributed by atoms with Crippen molar-refractivity contribution in [1.82, 2.24) is 10.6 Å². The number of amides is 2. The van der Waals surface area contributed by atoms with E-state index < -0.39 is 0 Å². The van der Waals surface area contributed by atoms with E-state index in [2.05, 4.69) is 26.6 Å². The zero-order valence-corrected chi connectivity index (χ0v) is 13.2. The Morgan fingerprint density at radius 2 is 2.00 bits per heavy atom. The molecular weight excluding hydrogens is 340 g/mol. The molecule has 0 spiro atoms. The van der Waals surface area contributed by atoms with Crippen molar-refractivity contribution < 1.29 is 9.59 Å². The number of halogens is 1. The largest absolute Gasteiger partial charge is 0.355 e. The Kier molecular flexibility index (Phi) is 4.92. The van der Waals surface area contributed by atoms with Crippen LogP contribution in [0.25, 0.3) is 0 Å². The summed E-state index contributed by atoms with van der Waals surface area (Å²) >= 11 is 4.79. The standard InChI is InChI=1S/C14H13BrN2O2S/c1-16-13(18)10-4-2-3-9(5-10)7-17-14(19)11-6-12(15)20-8-11/h2-6,8H,7H2,1H3,(H,16,18)(H,17,19). The molecule has 0 aliphatic heterocycles. The summed E-state index contributed by atoms with van der Waals surface area (Å²) in [5.41, 5.74) is 2.09. The van der Waals surface area contributed by atoms with E-state index in [0.29, 0.717) is 17.7 Å². The van der Waals surface area contributed by atoms with E-state index >= 15 is 0 Å². The first-order valence-electron chi connectivity index (χ1n) is 5.93. The molecule has 2 aromatic rings. The van der Waals surface area contributed by atoms with Crippen molar-refractivity contribution in [3.05, 3.63) is 56.2 Å². The number of nitrogens with one attached hydrogen (secondary N) is 2. The Bertz CT molecular complexity index is 640. The summed E-state index contributed by atoms with van der Waals surface area (Å²) in [5.74, 6) is -0.266. The minimum Gasteiger partial charge on any atom is -0.355 e. The molecule has 20 heavy (non-hydrogen) atoms. The van der Waals surface area contributed by atoms with E-state index in [4.69, 9.17) is 0 Å². The number of hydrogen-bond donors (Lipinski definition) is 2. The minimum atomic E-state index is -0.139. The first-order chi connectivity index (χ1) is 9.60. The Morgan fingerprint density at radius 1 is 1.20 bits per heavy atom. The Morgan fingerprint density at radius 3 is 2.65 bits per heavy atom. The molecule has 0 aliphatic rings. The zero-order chi connectivity index (χ0) is 14.5. The predicted molar refractivity (Wildman–Crippen MR) is 83.0 cm³/mol. The Labute approximate surface area is 129 Å². The fraction of sp³-hybridized carbons (Fsp3) is 0.143. The molecule has 104 valence electrons. The lowest BCUT2D eigenvalue weighted by atomic mass is 10.1. The van der Waals surface area contributed by atoms with Crippen molar-refractivity contribution in [3.63, 3.8) is 0 Å². The van der Waals surface area contributed by atoms with Gasteiger partial charge in [0, 0.05) is 24.5 Å². The van der Waals surface area contributed by atoms with Gasteiger partial charge in [0.15, 0.2) is 0 Å². The van der Waals surface area contributed by atoms with Gasteiger partial charge in [0.2, 0.25) is 0 Å². The van der Waals surface area contributed by atoms with Gasteiger partial charge in [-0.1, -0.05) is 12.1 Å². The van der Waals surface area contributed by atoms with Gasteiger partial charge in [0.1, 0.15) is 0 Å². The van der Waals surface area contributed by atoms with Crippen LogP contribution < -0.4 is 10.6 Å². The van der Waals surface area contributed by atoms with E-state index in [1.807, 2.05) is 6.07 Å². The maximum atomic E-state index is 11.9. The smallest absolute Gasteiger partial charge is 0.252 e. The molecule has 6 heteroatoms. The topological polar surface area (TPSA) is 58.2 Å². The molecule has 0 bridgehead atoms. The van der Waals surface area contributed by atoms with Gasteiger partial charge in [-0.05, 0) is 39.7 Å². The Hall–Kier alpha value is -1.66.